The lowest BCUT2D eigenvalue weighted by Gasteiger charge is -2.27. The Morgan fingerprint density at radius 2 is 1.88 bits per heavy atom. The Morgan fingerprint density at radius 1 is 1.16 bits per heavy atom. The van der Waals surface area contributed by atoms with Crippen LogP contribution in [-0.4, -0.2) is 48.1 Å². The zero-order chi connectivity index (χ0) is 31.6. The van der Waals surface area contributed by atoms with Crippen molar-refractivity contribution in [3.8, 4) is 22.8 Å². The average molecular weight is 599 g/mol. The van der Waals surface area contributed by atoms with Crippen molar-refractivity contribution in [2.75, 3.05) is 19.7 Å². The number of nitrogens with one attached hydrogen (secondary N) is 1. The highest BCUT2D eigenvalue weighted by molar-refractivity contribution is 5.84. The first-order chi connectivity index (χ1) is 20.8. The summed E-state index contributed by atoms with van der Waals surface area (Å²) in [6.07, 6.45) is 5.57. The van der Waals surface area contributed by atoms with Gasteiger partial charge in [-0.2, -0.15) is 5.48 Å². The largest absolute Gasteiger partial charge is 0.476 e. The van der Waals surface area contributed by atoms with Crippen molar-refractivity contribution in [2.24, 2.45) is 11.7 Å². The van der Waals surface area contributed by atoms with E-state index in [0.29, 0.717) is 48.6 Å². The highest BCUT2D eigenvalue weighted by Crippen LogP contribution is 2.32. The Kier molecular flexibility index (Phi) is 15.8. The molecule has 3 N–H and O–H groups in total. The van der Waals surface area contributed by atoms with Crippen molar-refractivity contribution in [2.45, 2.75) is 78.7 Å². The summed E-state index contributed by atoms with van der Waals surface area (Å²) in [4.78, 5) is 29.8. The maximum atomic E-state index is 13.5. The highest BCUT2D eigenvalue weighted by Gasteiger charge is 2.35. The van der Waals surface area contributed by atoms with E-state index in [9.17, 15) is 14.0 Å². The van der Waals surface area contributed by atoms with Crippen LogP contribution in [0.15, 0.2) is 59.1 Å². The second kappa shape index (κ2) is 19.3. The van der Waals surface area contributed by atoms with E-state index in [1.165, 1.54) is 6.07 Å². The van der Waals surface area contributed by atoms with E-state index in [0.717, 1.165) is 44.2 Å². The lowest BCUT2D eigenvalue weighted by molar-refractivity contribution is -0.134. The first-order valence-electron chi connectivity index (χ1n) is 15.2. The molecule has 4 rings (SSSR count). The second-order valence-corrected chi connectivity index (χ2v) is 10.4. The van der Waals surface area contributed by atoms with Crippen LogP contribution in [0, 0.1) is 11.7 Å². The van der Waals surface area contributed by atoms with E-state index in [4.69, 9.17) is 19.8 Å². The fourth-order valence-corrected chi connectivity index (χ4v) is 4.75. The Labute approximate surface area is 254 Å². The van der Waals surface area contributed by atoms with Gasteiger partial charge in [0.05, 0.1) is 6.61 Å². The van der Waals surface area contributed by atoms with Gasteiger partial charge in [0.1, 0.15) is 11.7 Å². The van der Waals surface area contributed by atoms with Gasteiger partial charge in [0.15, 0.2) is 11.5 Å². The van der Waals surface area contributed by atoms with Crippen LogP contribution in [0.3, 0.4) is 0 Å². The first-order valence-corrected chi connectivity index (χ1v) is 15.2. The van der Waals surface area contributed by atoms with Crippen molar-refractivity contribution in [1.82, 2.24) is 15.5 Å². The monoisotopic (exact) mass is 598 g/mol. The molecule has 1 fully saturated rings. The zero-order valence-corrected chi connectivity index (χ0v) is 26.1. The topological polar surface area (TPSA) is 120 Å². The number of nitrogens with two attached hydrogens (primary N) is 1. The molecule has 2 amide bonds. The van der Waals surface area contributed by atoms with E-state index >= 15 is 0 Å². The lowest BCUT2D eigenvalue weighted by Crippen LogP contribution is -2.38. The predicted octanol–water partition coefficient (Wildman–Crippen LogP) is 6.49. The fourth-order valence-electron chi connectivity index (χ4n) is 4.75. The summed E-state index contributed by atoms with van der Waals surface area (Å²) < 4.78 is 24.5. The summed E-state index contributed by atoms with van der Waals surface area (Å²) in [7, 11) is 0. The highest BCUT2D eigenvalue weighted by atomic mass is 19.1. The number of hydroxylamine groups is 1. The molecule has 10 heteroatoms. The molecule has 1 aromatic heterocycles. The summed E-state index contributed by atoms with van der Waals surface area (Å²) >= 11 is 0. The number of rotatable bonds is 13. The molecule has 1 aliphatic rings. The molecular weight excluding hydrogens is 551 g/mol. The zero-order valence-electron chi connectivity index (χ0n) is 26.1. The van der Waals surface area contributed by atoms with Crippen LogP contribution in [0.1, 0.15) is 78.4 Å². The van der Waals surface area contributed by atoms with Gasteiger partial charge < -0.3 is 24.7 Å². The number of benzene rings is 2. The van der Waals surface area contributed by atoms with Crippen LogP contribution in [-0.2, 0) is 9.59 Å². The molecule has 0 bridgehead atoms. The van der Waals surface area contributed by atoms with Gasteiger partial charge in [-0.15, -0.1) is 0 Å². The third kappa shape index (κ3) is 11.0. The normalized spacial score (nSPS) is 14.6. The fraction of sp³-hybridized carbons (Fsp3) is 0.485. The number of nitrogens with zero attached hydrogens (tertiary/aromatic N) is 2. The standard InChI is InChI=1S/C18H31N3O3.C13H10FNO2.C2H6/c1-13(2)17(18(22)21-10-7-8-14(21)3)15-12-16(20-24-15)23-11-6-4-5-9-19;14-13-4-2-1-3-12(13)10-5-7-11(8-6-10)17-15-9-16;1-2/h12-14,17H,4-11,19H2,1-3H3;1-9H,(H,15,16);1-2H3. The van der Waals surface area contributed by atoms with Crippen molar-refractivity contribution < 1.29 is 28.1 Å². The van der Waals surface area contributed by atoms with Crippen LogP contribution in [0.2, 0.25) is 0 Å². The van der Waals surface area contributed by atoms with Gasteiger partial charge in [0.2, 0.25) is 12.3 Å². The van der Waals surface area contributed by atoms with Gasteiger partial charge in [-0.3, -0.25) is 9.59 Å². The van der Waals surface area contributed by atoms with Crippen LogP contribution < -0.4 is 20.8 Å². The molecule has 2 heterocycles. The number of carbonyl (C=O) groups is 2. The second-order valence-electron chi connectivity index (χ2n) is 10.4. The molecule has 9 nitrogen and oxygen atoms in total. The van der Waals surface area contributed by atoms with Crippen LogP contribution in [0.5, 0.6) is 11.6 Å². The molecule has 2 atom stereocenters. The van der Waals surface area contributed by atoms with Gasteiger partial charge in [0, 0.05) is 24.2 Å². The molecule has 0 radical (unpaired) electrons. The van der Waals surface area contributed by atoms with Gasteiger partial charge in [-0.25, -0.2) is 4.39 Å². The number of hydrogen-bond donors (Lipinski definition) is 2. The molecule has 2 aromatic carbocycles. The van der Waals surface area contributed by atoms with Crippen molar-refractivity contribution >= 4 is 12.3 Å². The minimum Gasteiger partial charge on any atom is -0.476 e. The number of halogens is 1. The molecule has 3 aromatic rings. The van der Waals surface area contributed by atoms with Crippen LogP contribution in [0.25, 0.3) is 11.1 Å². The maximum Gasteiger partial charge on any atom is 0.254 e. The molecule has 43 heavy (non-hydrogen) atoms. The van der Waals surface area contributed by atoms with Gasteiger partial charge in [0.25, 0.3) is 5.88 Å². The van der Waals surface area contributed by atoms with E-state index < -0.39 is 0 Å². The minimum atomic E-state index is -0.298. The molecular formula is C33H47FN4O5. The quantitative estimate of drug-likeness (QED) is 0.131. The number of aromatic nitrogens is 1. The van der Waals surface area contributed by atoms with E-state index in [2.05, 4.69) is 17.6 Å². The van der Waals surface area contributed by atoms with Crippen molar-refractivity contribution in [3.63, 3.8) is 0 Å². The summed E-state index contributed by atoms with van der Waals surface area (Å²) in [5.74, 6) is 1.27. The van der Waals surface area contributed by atoms with E-state index in [1.54, 1.807) is 48.5 Å². The molecule has 0 aliphatic carbocycles. The van der Waals surface area contributed by atoms with E-state index in [1.807, 2.05) is 32.6 Å². The maximum absolute atomic E-state index is 13.5. The summed E-state index contributed by atoms with van der Waals surface area (Å²) in [6, 6.07) is 15.4. The Bertz CT molecular complexity index is 1220. The van der Waals surface area contributed by atoms with Crippen LogP contribution in [0.4, 0.5) is 4.39 Å². The SMILES string of the molecule is CC.CC(C)C(C(=O)N1CCCC1C)c1cc(OCCCCCN)no1.O=CNOc1ccc(-c2ccccc2F)cc1. The summed E-state index contributed by atoms with van der Waals surface area (Å²) in [5.41, 5.74) is 8.83. The molecule has 1 aliphatic heterocycles. The Balaban J connectivity index is 0.000000298. The van der Waals surface area contributed by atoms with Gasteiger partial charge >= 0.3 is 0 Å². The third-order valence-corrected chi connectivity index (χ3v) is 6.94. The van der Waals surface area contributed by atoms with Gasteiger partial charge in [-0.1, -0.05) is 58.0 Å². The van der Waals surface area contributed by atoms with Gasteiger partial charge in [-0.05, 0) is 80.4 Å². The number of hydrogen-bond acceptors (Lipinski definition) is 7. The number of carbonyl (C=O) groups excluding carboxylic acids is 2. The van der Waals surface area contributed by atoms with Crippen LogP contribution >= 0.6 is 0 Å². The Hall–Kier alpha value is -3.92. The smallest absolute Gasteiger partial charge is 0.254 e. The molecule has 0 saturated carbocycles. The first kappa shape index (κ1) is 35.3. The summed E-state index contributed by atoms with van der Waals surface area (Å²) in [6.45, 7) is 12.3. The Morgan fingerprint density at radius 3 is 2.49 bits per heavy atom. The molecule has 2 unspecified atom stereocenters. The predicted molar refractivity (Wildman–Crippen MR) is 166 cm³/mol. The third-order valence-electron chi connectivity index (χ3n) is 6.94. The minimum absolute atomic E-state index is 0.139. The molecule has 1 saturated heterocycles. The number of amides is 2. The average Bonchev–Trinajstić information content (AvgIpc) is 3.66. The number of unbranched alkanes of at least 4 members (excludes halogenated alkanes) is 2. The molecule has 236 valence electrons. The van der Waals surface area contributed by atoms with Crippen molar-refractivity contribution in [3.05, 3.63) is 66.2 Å². The molecule has 0 spiro atoms. The number of likely N-dealkylation sites (tertiary alicyclic amines) is 1. The number of ether oxygens (including phenoxy) is 1. The lowest BCUT2D eigenvalue weighted by atomic mass is 9.91. The summed E-state index contributed by atoms with van der Waals surface area (Å²) in [5, 5.41) is 3.97. The van der Waals surface area contributed by atoms with Crippen molar-refractivity contribution in [1.29, 1.82) is 0 Å². The van der Waals surface area contributed by atoms with E-state index in [-0.39, 0.29) is 23.6 Å².